The topological polar surface area (TPSA) is 49.3 Å². The Kier molecular flexibility index (Phi) is 4.57. The van der Waals surface area contributed by atoms with Crippen LogP contribution in [0.1, 0.15) is 30.5 Å². The molecule has 1 aromatic carbocycles. The molecule has 0 N–H and O–H groups in total. The predicted octanol–water partition coefficient (Wildman–Crippen LogP) is 3.21. The number of hydrogen-bond acceptors (Lipinski definition) is 4. The highest BCUT2D eigenvalue weighted by molar-refractivity contribution is 6.30. The van der Waals surface area contributed by atoms with Gasteiger partial charge in [-0.3, -0.25) is 4.79 Å². The lowest BCUT2D eigenvalue weighted by atomic mass is 9.94. The molecule has 4 rings (SSSR count). The highest BCUT2D eigenvalue weighted by Gasteiger charge is 2.53. The van der Waals surface area contributed by atoms with Gasteiger partial charge in [-0.15, -0.1) is 5.10 Å². The molecule has 0 bridgehead atoms. The Labute approximate surface area is 159 Å². The summed E-state index contributed by atoms with van der Waals surface area (Å²) < 4.78 is 0. The quantitative estimate of drug-likeness (QED) is 0.832. The molecule has 136 valence electrons. The van der Waals surface area contributed by atoms with Crippen molar-refractivity contribution in [3.8, 4) is 0 Å². The fraction of sp³-hybridized carbons (Fsp3) is 0.450. The number of carbonyl (C=O) groups is 1. The minimum absolute atomic E-state index is 0.247. The lowest BCUT2D eigenvalue weighted by molar-refractivity contribution is -0.133. The van der Waals surface area contributed by atoms with Crippen molar-refractivity contribution in [2.24, 2.45) is 0 Å². The number of anilines is 1. The van der Waals surface area contributed by atoms with Gasteiger partial charge in [-0.25, -0.2) is 0 Å². The van der Waals surface area contributed by atoms with Gasteiger partial charge in [-0.05, 0) is 56.0 Å². The number of carbonyl (C=O) groups excluding carboxylic acids is 1. The van der Waals surface area contributed by atoms with Crippen molar-refractivity contribution in [1.29, 1.82) is 0 Å². The van der Waals surface area contributed by atoms with Gasteiger partial charge in [0.1, 0.15) is 0 Å². The van der Waals surface area contributed by atoms with Crippen LogP contribution in [0.25, 0.3) is 0 Å². The zero-order chi connectivity index (χ0) is 18.1. The number of rotatable bonds is 3. The average molecular weight is 371 g/mol. The van der Waals surface area contributed by atoms with E-state index < -0.39 is 0 Å². The van der Waals surface area contributed by atoms with Gasteiger partial charge in [0.2, 0.25) is 5.91 Å². The molecule has 2 aromatic rings. The zero-order valence-corrected chi connectivity index (χ0v) is 15.7. The molecular weight excluding hydrogens is 348 g/mol. The molecular formula is C20H23ClN4O. The average Bonchev–Trinajstić information content (AvgIpc) is 3.47. The molecule has 2 fully saturated rings. The molecule has 2 aliphatic rings. The molecule has 1 aliphatic heterocycles. The molecule has 1 saturated carbocycles. The van der Waals surface area contributed by atoms with E-state index in [-0.39, 0.29) is 11.3 Å². The molecule has 26 heavy (non-hydrogen) atoms. The van der Waals surface area contributed by atoms with Gasteiger partial charge < -0.3 is 9.80 Å². The summed E-state index contributed by atoms with van der Waals surface area (Å²) in [5.41, 5.74) is 1.61. The first-order valence-corrected chi connectivity index (χ1v) is 9.57. The number of nitrogens with zero attached hydrogens (tertiary/aromatic N) is 4. The van der Waals surface area contributed by atoms with Gasteiger partial charge >= 0.3 is 0 Å². The van der Waals surface area contributed by atoms with E-state index in [4.69, 9.17) is 11.6 Å². The standard InChI is InChI=1S/C20H23ClN4O/c1-15-6-7-18(23-22-15)24-10-3-11-25(13-12-24)19(26)20(8-9-20)16-4-2-5-17(21)14-16/h2,4-7,14H,3,8-13H2,1H3. The molecule has 2 heterocycles. The maximum Gasteiger partial charge on any atom is 0.233 e. The number of halogens is 1. The molecule has 1 saturated heterocycles. The number of hydrogen-bond donors (Lipinski definition) is 0. The van der Waals surface area contributed by atoms with Crippen molar-refractivity contribution in [3.63, 3.8) is 0 Å². The van der Waals surface area contributed by atoms with Gasteiger partial charge in [0, 0.05) is 31.2 Å². The van der Waals surface area contributed by atoms with E-state index in [1.165, 1.54) is 0 Å². The van der Waals surface area contributed by atoms with E-state index in [2.05, 4.69) is 15.1 Å². The van der Waals surface area contributed by atoms with Crippen LogP contribution in [0.2, 0.25) is 5.02 Å². The molecule has 0 radical (unpaired) electrons. The Balaban J connectivity index is 1.47. The second-order valence-electron chi connectivity index (χ2n) is 7.26. The van der Waals surface area contributed by atoms with Crippen molar-refractivity contribution < 1.29 is 4.79 Å². The normalized spacial score (nSPS) is 19.2. The van der Waals surface area contributed by atoms with Crippen LogP contribution in [-0.4, -0.2) is 47.2 Å². The van der Waals surface area contributed by atoms with Crippen LogP contribution in [-0.2, 0) is 10.2 Å². The summed E-state index contributed by atoms with van der Waals surface area (Å²) in [4.78, 5) is 17.5. The van der Waals surface area contributed by atoms with Crippen molar-refractivity contribution >= 4 is 23.3 Å². The van der Waals surface area contributed by atoms with Crippen LogP contribution in [0.4, 0.5) is 5.82 Å². The minimum atomic E-state index is -0.357. The number of amides is 1. The van der Waals surface area contributed by atoms with Crippen LogP contribution < -0.4 is 4.90 Å². The van der Waals surface area contributed by atoms with E-state index in [0.29, 0.717) is 5.02 Å². The summed E-state index contributed by atoms with van der Waals surface area (Å²) in [7, 11) is 0. The Morgan fingerprint density at radius 1 is 1.08 bits per heavy atom. The van der Waals surface area contributed by atoms with Crippen LogP contribution in [0.3, 0.4) is 0 Å². The van der Waals surface area contributed by atoms with Crippen LogP contribution in [0.5, 0.6) is 0 Å². The van der Waals surface area contributed by atoms with Crippen molar-refractivity contribution in [2.75, 3.05) is 31.1 Å². The lowest BCUT2D eigenvalue weighted by Gasteiger charge is -2.27. The van der Waals surface area contributed by atoms with Crippen LogP contribution in [0, 0.1) is 6.92 Å². The summed E-state index contributed by atoms with van der Waals surface area (Å²) in [5.74, 6) is 1.14. The van der Waals surface area contributed by atoms with E-state index in [1.807, 2.05) is 48.2 Å². The van der Waals surface area contributed by atoms with Crippen LogP contribution in [0.15, 0.2) is 36.4 Å². The maximum atomic E-state index is 13.3. The summed E-state index contributed by atoms with van der Waals surface area (Å²) in [6.07, 6.45) is 2.76. The number of aryl methyl sites for hydroxylation is 1. The Morgan fingerprint density at radius 3 is 2.62 bits per heavy atom. The first-order chi connectivity index (χ1) is 12.6. The third-order valence-corrected chi connectivity index (χ3v) is 5.66. The van der Waals surface area contributed by atoms with Gasteiger partial charge in [0.25, 0.3) is 0 Å². The zero-order valence-electron chi connectivity index (χ0n) is 15.0. The van der Waals surface area contributed by atoms with E-state index in [9.17, 15) is 4.79 Å². The van der Waals surface area contributed by atoms with Gasteiger partial charge in [-0.1, -0.05) is 23.7 Å². The smallest absolute Gasteiger partial charge is 0.233 e. The van der Waals surface area contributed by atoms with E-state index >= 15 is 0 Å². The van der Waals surface area contributed by atoms with Crippen molar-refractivity contribution in [2.45, 2.75) is 31.6 Å². The molecule has 1 amide bonds. The van der Waals surface area contributed by atoms with E-state index in [0.717, 1.165) is 62.5 Å². The van der Waals surface area contributed by atoms with Crippen molar-refractivity contribution in [3.05, 3.63) is 52.7 Å². The highest BCUT2D eigenvalue weighted by atomic mass is 35.5. The fourth-order valence-electron chi connectivity index (χ4n) is 3.75. The molecule has 0 spiro atoms. The summed E-state index contributed by atoms with van der Waals surface area (Å²) in [6.45, 7) is 5.12. The third kappa shape index (κ3) is 3.28. The van der Waals surface area contributed by atoms with Gasteiger partial charge in [-0.2, -0.15) is 5.10 Å². The Morgan fingerprint density at radius 2 is 1.92 bits per heavy atom. The molecule has 5 nitrogen and oxygen atoms in total. The second kappa shape index (κ2) is 6.88. The summed E-state index contributed by atoms with van der Waals surface area (Å²) >= 11 is 6.15. The monoisotopic (exact) mass is 370 g/mol. The largest absolute Gasteiger partial charge is 0.353 e. The molecule has 6 heteroatoms. The Hall–Kier alpha value is -2.14. The third-order valence-electron chi connectivity index (χ3n) is 5.43. The van der Waals surface area contributed by atoms with Gasteiger partial charge in [0.15, 0.2) is 5.82 Å². The van der Waals surface area contributed by atoms with Crippen molar-refractivity contribution in [1.82, 2.24) is 15.1 Å². The first kappa shape index (κ1) is 17.3. The SMILES string of the molecule is Cc1ccc(N2CCCN(C(=O)C3(c4cccc(Cl)c4)CC3)CC2)nn1. The number of aromatic nitrogens is 2. The molecule has 1 aromatic heterocycles. The minimum Gasteiger partial charge on any atom is -0.353 e. The fourth-order valence-corrected chi connectivity index (χ4v) is 3.94. The summed E-state index contributed by atoms with van der Waals surface area (Å²) in [6, 6.07) is 11.8. The lowest BCUT2D eigenvalue weighted by Crippen LogP contribution is -2.41. The highest BCUT2D eigenvalue weighted by Crippen LogP contribution is 2.50. The first-order valence-electron chi connectivity index (χ1n) is 9.19. The second-order valence-corrected chi connectivity index (χ2v) is 7.69. The molecule has 0 unspecified atom stereocenters. The number of benzene rings is 1. The predicted molar refractivity (Wildman–Crippen MR) is 103 cm³/mol. The van der Waals surface area contributed by atoms with Crippen LogP contribution >= 0.6 is 11.6 Å². The molecule has 1 aliphatic carbocycles. The van der Waals surface area contributed by atoms with Gasteiger partial charge in [0.05, 0.1) is 11.1 Å². The maximum absolute atomic E-state index is 13.3. The molecule has 0 atom stereocenters. The Bertz CT molecular complexity index is 804. The summed E-state index contributed by atoms with van der Waals surface area (Å²) in [5, 5.41) is 9.14. The van der Waals surface area contributed by atoms with E-state index in [1.54, 1.807) is 0 Å².